The fourth-order valence-electron chi connectivity index (χ4n) is 5.01. The van der Waals surface area contributed by atoms with E-state index in [0.717, 1.165) is 40.8 Å². The second-order valence-corrected chi connectivity index (χ2v) is 11.1. The molecule has 1 atom stereocenters. The SMILES string of the molecule is Cc1cccc(C)c1-c1cc(=O)[nH]c(NSc2cccc(C(=O)N3CCCN(C=O)CC3CC(C)C)c2)n1. The summed E-state index contributed by atoms with van der Waals surface area (Å²) in [6.45, 7) is 10.1. The van der Waals surface area contributed by atoms with Gasteiger partial charge in [-0.05, 0) is 73.9 Å². The predicted octanol–water partition coefficient (Wildman–Crippen LogP) is 4.89. The molecule has 0 bridgehead atoms. The number of benzene rings is 2. The number of aromatic nitrogens is 2. The summed E-state index contributed by atoms with van der Waals surface area (Å²) in [5.74, 6) is 0.714. The molecule has 38 heavy (non-hydrogen) atoms. The zero-order valence-corrected chi connectivity index (χ0v) is 23.2. The Hall–Kier alpha value is -3.59. The van der Waals surface area contributed by atoms with Gasteiger partial charge in [-0.2, -0.15) is 0 Å². The summed E-state index contributed by atoms with van der Waals surface area (Å²) in [5.41, 5.74) is 4.00. The molecule has 0 radical (unpaired) electrons. The highest BCUT2D eigenvalue weighted by Gasteiger charge is 2.29. The molecule has 0 saturated carbocycles. The summed E-state index contributed by atoms with van der Waals surface area (Å²) >= 11 is 1.28. The van der Waals surface area contributed by atoms with E-state index in [1.165, 1.54) is 18.0 Å². The summed E-state index contributed by atoms with van der Waals surface area (Å²) in [7, 11) is 0. The van der Waals surface area contributed by atoms with Crippen LogP contribution in [-0.4, -0.2) is 57.8 Å². The summed E-state index contributed by atoms with van der Waals surface area (Å²) in [5, 5.41) is 0. The smallest absolute Gasteiger partial charge is 0.254 e. The van der Waals surface area contributed by atoms with E-state index < -0.39 is 0 Å². The highest BCUT2D eigenvalue weighted by Crippen LogP contribution is 2.27. The third kappa shape index (κ3) is 6.64. The van der Waals surface area contributed by atoms with E-state index in [-0.39, 0.29) is 17.5 Å². The molecule has 1 unspecified atom stereocenters. The number of hydrogen-bond donors (Lipinski definition) is 2. The molecular weight excluding hydrogens is 498 g/mol. The van der Waals surface area contributed by atoms with Gasteiger partial charge in [0.2, 0.25) is 12.4 Å². The van der Waals surface area contributed by atoms with E-state index in [1.807, 2.05) is 61.2 Å². The maximum Gasteiger partial charge on any atom is 0.254 e. The second kappa shape index (κ2) is 12.3. The Bertz CT molecular complexity index is 1340. The van der Waals surface area contributed by atoms with E-state index in [1.54, 1.807) is 4.90 Å². The number of carbonyl (C=O) groups is 2. The molecule has 4 rings (SSSR count). The topological polar surface area (TPSA) is 98.4 Å². The van der Waals surface area contributed by atoms with Crippen LogP contribution >= 0.6 is 11.9 Å². The summed E-state index contributed by atoms with van der Waals surface area (Å²) in [6, 6.07) is 14.9. The largest absolute Gasteiger partial charge is 0.343 e. The van der Waals surface area contributed by atoms with Crippen molar-refractivity contribution >= 4 is 30.2 Å². The van der Waals surface area contributed by atoms with Crippen molar-refractivity contribution in [2.24, 2.45) is 5.92 Å². The molecule has 1 fully saturated rings. The predicted molar refractivity (Wildman–Crippen MR) is 152 cm³/mol. The Morgan fingerprint density at radius 2 is 1.89 bits per heavy atom. The number of hydrogen-bond acceptors (Lipinski definition) is 6. The number of nitrogens with one attached hydrogen (secondary N) is 2. The first-order valence-electron chi connectivity index (χ1n) is 13.0. The first kappa shape index (κ1) is 27.4. The second-order valence-electron chi connectivity index (χ2n) is 10.2. The molecule has 2 N–H and O–H groups in total. The molecule has 2 amide bonds. The third-order valence-electron chi connectivity index (χ3n) is 6.71. The van der Waals surface area contributed by atoms with Gasteiger partial charge in [0.05, 0.1) is 5.69 Å². The van der Waals surface area contributed by atoms with Gasteiger partial charge < -0.3 is 9.80 Å². The maximum absolute atomic E-state index is 13.6. The summed E-state index contributed by atoms with van der Waals surface area (Å²) < 4.78 is 3.13. The van der Waals surface area contributed by atoms with Crippen LogP contribution in [0.5, 0.6) is 0 Å². The first-order chi connectivity index (χ1) is 18.2. The summed E-state index contributed by atoms with van der Waals surface area (Å²) in [6.07, 6.45) is 2.48. The van der Waals surface area contributed by atoms with Crippen molar-refractivity contribution in [3.63, 3.8) is 0 Å². The molecule has 0 aliphatic carbocycles. The van der Waals surface area contributed by atoms with Crippen molar-refractivity contribution in [2.75, 3.05) is 24.4 Å². The van der Waals surface area contributed by atoms with Crippen LogP contribution in [0.15, 0.2) is 58.2 Å². The lowest BCUT2D eigenvalue weighted by molar-refractivity contribution is -0.118. The van der Waals surface area contributed by atoms with Crippen LogP contribution in [0.25, 0.3) is 11.3 Å². The number of anilines is 1. The number of aryl methyl sites for hydroxylation is 2. The Labute approximate surface area is 228 Å². The van der Waals surface area contributed by atoms with Crippen molar-refractivity contribution in [3.8, 4) is 11.3 Å². The molecule has 1 saturated heterocycles. The number of carbonyl (C=O) groups excluding carboxylic acids is 2. The van der Waals surface area contributed by atoms with Crippen LogP contribution in [0.2, 0.25) is 0 Å². The van der Waals surface area contributed by atoms with E-state index in [4.69, 9.17) is 0 Å². The number of amides is 2. The molecule has 2 aromatic carbocycles. The Morgan fingerprint density at radius 3 is 2.61 bits per heavy atom. The van der Waals surface area contributed by atoms with Gasteiger partial charge in [0, 0.05) is 47.8 Å². The normalized spacial score (nSPS) is 15.9. The number of H-pyrrole nitrogens is 1. The fourth-order valence-corrected chi connectivity index (χ4v) is 5.66. The van der Waals surface area contributed by atoms with Gasteiger partial charge in [0.25, 0.3) is 11.5 Å². The molecular formula is C29H35N5O3S. The minimum Gasteiger partial charge on any atom is -0.343 e. The lowest BCUT2D eigenvalue weighted by Crippen LogP contribution is -2.45. The molecule has 0 spiro atoms. The minimum atomic E-state index is -0.244. The van der Waals surface area contributed by atoms with Crippen molar-refractivity contribution in [1.82, 2.24) is 19.8 Å². The number of aromatic amines is 1. The molecule has 8 nitrogen and oxygen atoms in total. The van der Waals surface area contributed by atoms with Crippen molar-refractivity contribution < 1.29 is 9.59 Å². The minimum absolute atomic E-state index is 0.0217. The quantitative estimate of drug-likeness (QED) is 0.316. The number of rotatable bonds is 8. The molecule has 2 heterocycles. The van der Waals surface area contributed by atoms with Gasteiger partial charge in [-0.15, -0.1) is 0 Å². The van der Waals surface area contributed by atoms with E-state index >= 15 is 0 Å². The highest BCUT2D eigenvalue weighted by atomic mass is 32.2. The van der Waals surface area contributed by atoms with Gasteiger partial charge in [-0.25, -0.2) is 4.98 Å². The Morgan fingerprint density at radius 1 is 1.16 bits per heavy atom. The Kier molecular flexibility index (Phi) is 8.89. The van der Waals surface area contributed by atoms with Crippen molar-refractivity contribution in [1.29, 1.82) is 0 Å². The average Bonchev–Trinajstić information content (AvgIpc) is 3.08. The van der Waals surface area contributed by atoms with Crippen molar-refractivity contribution in [3.05, 3.63) is 75.6 Å². The summed E-state index contributed by atoms with van der Waals surface area (Å²) in [4.78, 5) is 49.4. The van der Waals surface area contributed by atoms with Gasteiger partial charge in [0.15, 0.2) is 0 Å². The molecule has 200 valence electrons. The monoisotopic (exact) mass is 533 g/mol. The fraction of sp³-hybridized carbons (Fsp3) is 0.379. The maximum atomic E-state index is 13.6. The number of nitrogens with zero attached hydrogens (tertiary/aromatic N) is 3. The molecule has 1 aliphatic rings. The van der Waals surface area contributed by atoms with Gasteiger partial charge in [-0.1, -0.05) is 38.1 Å². The molecule has 1 aromatic heterocycles. The molecule has 1 aliphatic heterocycles. The van der Waals surface area contributed by atoms with Crippen LogP contribution in [-0.2, 0) is 4.79 Å². The zero-order chi connectivity index (χ0) is 27.2. The van der Waals surface area contributed by atoms with Gasteiger partial charge in [0.1, 0.15) is 0 Å². The highest BCUT2D eigenvalue weighted by molar-refractivity contribution is 8.00. The lowest BCUT2D eigenvalue weighted by atomic mass is 10.00. The van der Waals surface area contributed by atoms with Crippen LogP contribution in [0.1, 0.15) is 48.2 Å². The third-order valence-corrected chi connectivity index (χ3v) is 7.49. The van der Waals surface area contributed by atoms with E-state index in [9.17, 15) is 14.4 Å². The molecule has 3 aromatic rings. The molecule has 9 heteroatoms. The van der Waals surface area contributed by atoms with Crippen LogP contribution in [0, 0.1) is 19.8 Å². The van der Waals surface area contributed by atoms with Crippen molar-refractivity contribution in [2.45, 2.75) is 51.5 Å². The first-order valence-corrected chi connectivity index (χ1v) is 13.8. The van der Waals surface area contributed by atoms with Crippen LogP contribution < -0.4 is 10.3 Å². The van der Waals surface area contributed by atoms with E-state index in [0.29, 0.717) is 42.8 Å². The standard InChI is InChI=1S/C29H35N5O3S/c1-19(2)14-23-17-33(18-35)12-7-13-34(23)28(37)22-10-6-11-24(15-22)38-32-29-30-25(16-26(36)31-29)27-20(3)8-5-9-21(27)4/h5-6,8-11,15-16,18-19,23H,7,12-14,17H2,1-4H3,(H2,30,31,32,36). The lowest BCUT2D eigenvalue weighted by Gasteiger charge is -2.32. The van der Waals surface area contributed by atoms with E-state index in [2.05, 4.69) is 28.5 Å². The zero-order valence-electron chi connectivity index (χ0n) is 22.4. The van der Waals surface area contributed by atoms with Gasteiger partial charge >= 0.3 is 0 Å². The van der Waals surface area contributed by atoms with Gasteiger partial charge in [-0.3, -0.25) is 24.1 Å². The Balaban J connectivity index is 1.52. The average molecular weight is 534 g/mol. The van der Waals surface area contributed by atoms with Crippen LogP contribution in [0.4, 0.5) is 5.95 Å². The van der Waals surface area contributed by atoms with Crippen LogP contribution in [0.3, 0.4) is 0 Å².